The Balaban J connectivity index is 1.77. The smallest absolute Gasteiger partial charge is 0.240 e. The van der Waals surface area contributed by atoms with Crippen molar-refractivity contribution in [1.82, 2.24) is 5.43 Å². The predicted molar refractivity (Wildman–Crippen MR) is 111 cm³/mol. The SMILES string of the molecule is CC(/C=C/c1ccccc1)=NNC(=O)CCC(=O)Nc1cccc(Cl)c1C. The quantitative estimate of drug-likeness (QED) is 0.543. The molecule has 0 aromatic heterocycles. The molecule has 2 N–H and O–H groups in total. The van der Waals surface area contributed by atoms with Crippen molar-refractivity contribution < 1.29 is 9.59 Å². The summed E-state index contributed by atoms with van der Waals surface area (Å²) in [6, 6.07) is 15.1. The Labute approximate surface area is 164 Å². The van der Waals surface area contributed by atoms with E-state index >= 15 is 0 Å². The van der Waals surface area contributed by atoms with Gasteiger partial charge in [0.05, 0.1) is 5.71 Å². The third-order valence-electron chi connectivity index (χ3n) is 3.79. The van der Waals surface area contributed by atoms with Crippen LogP contribution in [0.15, 0.2) is 59.7 Å². The summed E-state index contributed by atoms with van der Waals surface area (Å²) in [6.45, 7) is 3.61. The standard InChI is InChI=1S/C21H22ClN3O2/c1-15(11-12-17-7-4-3-5-8-17)24-25-21(27)14-13-20(26)23-19-10-6-9-18(22)16(19)2/h3-12H,13-14H2,1-2H3,(H,23,26)(H,25,27)/b12-11+,24-15?. The Morgan fingerprint density at radius 3 is 2.48 bits per heavy atom. The minimum absolute atomic E-state index is 0.0463. The highest BCUT2D eigenvalue weighted by Gasteiger charge is 2.09. The van der Waals surface area contributed by atoms with E-state index in [4.69, 9.17) is 11.6 Å². The Kier molecular flexibility index (Phi) is 7.77. The lowest BCUT2D eigenvalue weighted by atomic mass is 10.2. The molecule has 2 aromatic rings. The van der Waals surface area contributed by atoms with Gasteiger partial charge in [0.2, 0.25) is 11.8 Å². The summed E-state index contributed by atoms with van der Waals surface area (Å²) in [5.41, 5.74) is 5.60. The molecule has 0 radical (unpaired) electrons. The molecule has 6 heteroatoms. The number of halogens is 1. The van der Waals surface area contributed by atoms with E-state index in [1.165, 1.54) is 0 Å². The molecule has 5 nitrogen and oxygen atoms in total. The van der Waals surface area contributed by atoms with Crippen LogP contribution in [0.1, 0.15) is 30.9 Å². The maximum absolute atomic E-state index is 12.0. The van der Waals surface area contributed by atoms with Crippen LogP contribution in [0.3, 0.4) is 0 Å². The molecule has 0 unspecified atom stereocenters. The molecule has 0 spiro atoms. The third kappa shape index (κ3) is 7.07. The highest BCUT2D eigenvalue weighted by atomic mass is 35.5. The van der Waals surface area contributed by atoms with E-state index in [1.807, 2.05) is 49.4 Å². The number of nitrogens with zero attached hydrogens (tertiary/aromatic N) is 1. The first kappa shape index (κ1) is 20.4. The van der Waals surface area contributed by atoms with Crippen LogP contribution in [0, 0.1) is 6.92 Å². The predicted octanol–water partition coefficient (Wildman–Crippen LogP) is 4.57. The average Bonchev–Trinajstić information content (AvgIpc) is 2.67. The number of hydrazone groups is 1. The number of benzene rings is 2. The number of allylic oxidation sites excluding steroid dienone is 1. The molecule has 0 atom stereocenters. The van der Waals surface area contributed by atoms with Crippen molar-refractivity contribution in [3.05, 3.63) is 70.8 Å². The molecule has 2 aromatic carbocycles. The second-order valence-corrected chi connectivity index (χ2v) is 6.40. The van der Waals surface area contributed by atoms with Gasteiger partial charge in [-0.05, 0) is 43.2 Å². The van der Waals surface area contributed by atoms with Gasteiger partial charge in [-0.1, -0.05) is 54.1 Å². The van der Waals surface area contributed by atoms with Crippen LogP contribution in [0.2, 0.25) is 5.02 Å². The van der Waals surface area contributed by atoms with E-state index in [-0.39, 0.29) is 24.7 Å². The topological polar surface area (TPSA) is 70.6 Å². The number of amides is 2. The highest BCUT2D eigenvalue weighted by Crippen LogP contribution is 2.23. The van der Waals surface area contributed by atoms with Gasteiger partial charge in [0.25, 0.3) is 0 Å². The summed E-state index contributed by atoms with van der Waals surface area (Å²) < 4.78 is 0. The lowest BCUT2D eigenvalue weighted by Gasteiger charge is -2.09. The average molecular weight is 384 g/mol. The lowest BCUT2D eigenvalue weighted by molar-refractivity contribution is -0.124. The van der Waals surface area contributed by atoms with E-state index in [0.29, 0.717) is 16.4 Å². The van der Waals surface area contributed by atoms with E-state index in [2.05, 4.69) is 15.8 Å². The minimum atomic E-state index is -0.319. The molecule has 0 saturated heterocycles. The summed E-state index contributed by atoms with van der Waals surface area (Å²) in [4.78, 5) is 23.9. The summed E-state index contributed by atoms with van der Waals surface area (Å²) in [6.07, 6.45) is 3.83. The molecule has 0 bridgehead atoms. The number of hydrogen-bond donors (Lipinski definition) is 2. The maximum atomic E-state index is 12.0. The number of anilines is 1. The molecule has 2 amide bonds. The number of carbonyl (C=O) groups excluding carboxylic acids is 2. The zero-order chi connectivity index (χ0) is 19.6. The van der Waals surface area contributed by atoms with Crippen LogP contribution in [0.5, 0.6) is 0 Å². The maximum Gasteiger partial charge on any atom is 0.240 e. The van der Waals surface area contributed by atoms with Gasteiger partial charge in [0.1, 0.15) is 0 Å². The Morgan fingerprint density at radius 1 is 1.04 bits per heavy atom. The zero-order valence-electron chi connectivity index (χ0n) is 15.3. The largest absolute Gasteiger partial charge is 0.326 e. The van der Waals surface area contributed by atoms with Crippen molar-refractivity contribution in [2.75, 3.05) is 5.32 Å². The number of carbonyl (C=O) groups is 2. The number of hydrogen-bond acceptors (Lipinski definition) is 3. The van der Waals surface area contributed by atoms with Gasteiger partial charge in [0.15, 0.2) is 0 Å². The lowest BCUT2D eigenvalue weighted by Crippen LogP contribution is -2.21. The van der Waals surface area contributed by atoms with Crippen LogP contribution < -0.4 is 10.7 Å². The van der Waals surface area contributed by atoms with Gasteiger partial charge in [0, 0.05) is 23.6 Å². The minimum Gasteiger partial charge on any atom is -0.326 e. The van der Waals surface area contributed by atoms with Gasteiger partial charge in [-0.2, -0.15) is 5.10 Å². The molecule has 0 heterocycles. The normalized spacial score (nSPS) is 11.4. The first-order valence-electron chi connectivity index (χ1n) is 8.57. The Hall–Kier alpha value is -2.92. The van der Waals surface area contributed by atoms with Crippen molar-refractivity contribution in [3.63, 3.8) is 0 Å². The fraction of sp³-hybridized carbons (Fsp3) is 0.190. The fourth-order valence-electron chi connectivity index (χ4n) is 2.21. The summed E-state index contributed by atoms with van der Waals surface area (Å²) in [5, 5.41) is 7.35. The molecule has 0 aliphatic heterocycles. The van der Waals surface area contributed by atoms with Crippen molar-refractivity contribution in [1.29, 1.82) is 0 Å². The fourth-order valence-corrected chi connectivity index (χ4v) is 2.38. The van der Waals surface area contributed by atoms with Crippen molar-refractivity contribution >= 4 is 40.9 Å². The van der Waals surface area contributed by atoms with Crippen LogP contribution in [-0.4, -0.2) is 17.5 Å². The van der Waals surface area contributed by atoms with Gasteiger partial charge >= 0.3 is 0 Å². The van der Waals surface area contributed by atoms with Crippen LogP contribution in [0.4, 0.5) is 5.69 Å². The van der Waals surface area contributed by atoms with Gasteiger partial charge in [-0.15, -0.1) is 0 Å². The van der Waals surface area contributed by atoms with Crippen molar-refractivity contribution in [2.45, 2.75) is 26.7 Å². The molecule has 0 aliphatic carbocycles. The van der Waals surface area contributed by atoms with Gasteiger partial charge in [-0.3, -0.25) is 9.59 Å². The first-order valence-corrected chi connectivity index (χ1v) is 8.94. The van der Waals surface area contributed by atoms with Crippen LogP contribution in [0.25, 0.3) is 6.08 Å². The second kappa shape index (κ2) is 10.3. The second-order valence-electron chi connectivity index (χ2n) is 5.99. The van der Waals surface area contributed by atoms with E-state index < -0.39 is 0 Å². The molecule has 0 fully saturated rings. The number of rotatable bonds is 7. The molecule has 0 saturated carbocycles. The van der Waals surface area contributed by atoms with E-state index in [9.17, 15) is 9.59 Å². The molecule has 140 valence electrons. The Morgan fingerprint density at radius 2 is 1.74 bits per heavy atom. The summed E-state index contributed by atoms with van der Waals surface area (Å²) in [7, 11) is 0. The molecule has 2 rings (SSSR count). The summed E-state index contributed by atoms with van der Waals surface area (Å²) in [5.74, 6) is -0.569. The Bertz CT molecular complexity index is 861. The highest BCUT2D eigenvalue weighted by molar-refractivity contribution is 6.31. The third-order valence-corrected chi connectivity index (χ3v) is 4.20. The molecule has 27 heavy (non-hydrogen) atoms. The van der Waals surface area contributed by atoms with Crippen LogP contribution >= 0.6 is 11.6 Å². The number of nitrogens with one attached hydrogen (secondary N) is 2. The van der Waals surface area contributed by atoms with Crippen molar-refractivity contribution in [2.24, 2.45) is 5.10 Å². The van der Waals surface area contributed by atoms with E-state index in [1.54, 1.807) is 25.1 Å². The van der Waals surface area contributed by atoms with Gasteiger partial charge < -0.3 is 5.32 Å². The first-order chi connectivity index (χ1) is 13.0. The van der Waals surface area contributed by atoms with Crippen LogP contribution in [-0.2, 0) is 9.59 Å². The van der Waals surface area contributed by atoms with Crippen molar-refractivity contribution in [3.8, 4) is 0 Å². The van der Waals surface area contributed by atoms with E-state index in [0.717, 1.165) is 11.1 Å². The van der Waals surface area contributed by atoms with Gasteiger partial charge in [-0.25, -0.2) is 5.43 Å². The molecular formula is C21H22ClN3O2. The molecular weight excluding hydrogens is 362 g/mol. The summed E-state index contributed by atoms with van der Waals surface area (Å²) >= 11 is 6.02. The zero-order valence-corrected chi connectivity index (χ0v) is 16.1. The monoisotopic (exact) mass is 383 g/mol. The molecule has 0 aliphatic rings.